The van der Waals surface area contributed by atoms with Gasteiger partial charge in [-0.15, -0.1) is 0 Å². The first-order valence-corrected chi connectivity index (χ1v) is 6.31. The molecule has 1 aliphatic heterocycles. The number of epoxide rings is 1. The Bertz CT molecular complexity index is 389. The zero-order valence-electron chi connectivity index (χ0n) is 10.8. The summed E-state index contributed by atoms with van der Waals surface area (Å²) in [6, 6.07) is 9.74. The van der Waals surface area contributed by atoms with E-state index in [2.05, 4.69) is 5.32 Å². The summed E-state index contributed by atoms with van der Waals surface area (Å²) in [5.41, 5.74) is 1.14. The highest BCUT2D eigenvalue weighted by Crippen LogP contribution is 2.27. The van der Waals surface area contributed by atoms with E-state index < -0.39 is 0 Å². The van der Waals surface area contributed by atoms with Crippen LogP contribution in [0.25, 0.3) is 0 Å². The van der Waals surface area contributed by atoms with Crippen LogP contribution in [0.4, 0.5) is 0 Å². The molecule has 0 amide bonds. The minimum Gasteiger partial charge on any atom is -0.465 e. The van der Waals surface area contributed by atoms with Gasteiger partial charge >= 0.3 is 5.97 Å². The van der Waals surface area contributed by atoms with Gasteiger partial charge in [-0.05, 0) is 19.4 Å². The Morgan fingerprint density at radius 3 is 2.72 bits per heavy atom. The van der Waals surface area contributed by atoms with Crippen LogP contribution >= 0.6 is 0 Å². The van der Waals surface area contributed by atoms with E-state index in [0.717, 1.165) is 12.2 Å². The molecule has 3 atom stereocenters. The molecular weight excluding hydrogens is 230 g/mol. The lowest BCUT2D eigenvalue weighted by atomic mass is 10.0. The van der Waals surface area contributed by atoms with Crippen LogP contribution in [-0.2, 0) is 14.3 Å². The molecule has 18 heavy (non-hydrogen) atoms. The first-order chi connectivity index (χ1) is 8.72. The second kappa shape index (κ2) is 5.98. The third-order valence-electron chi connectivity index (χ3n) is 2.96. The van der Waals surface area contributed by atoms with Gasteiger partial charge in [0.15, 0.2) is 0 Å². The van der Waals surface area contributed by atoms with Gasteiger partial charge in [0.2, 0.25) is 0 Å². The van der Waals surface area contributed by atoms with Crippen LogP contribution in [0.1, 0.15) is 25.5 Å². The molecule has 98 valence electrons. The normalized spacial score (nSPS) is 21.1. The lowest BCUT2D eigenvalue weighted by molar-refractivity contribution is -0.145. The number of rotatable bonds is 6. The van der Waals surface area contributed by atoms with E-state index in [1.54, 1.807) is 0 Å². The fourth-order valence-corrected chi connectivity index (χ4v) is 1.93. The Morgan fingerprint density at radius 1 is 1.50 bits per heavy atom. The average Bonchev–Trinajstić information content (AvgIpc) is 3.21. The van der Waals surface area contributed by atoms with Crippen LogP contribution in [0, 0.1) is 0 Å². The first-order valence-electron chi connectivity index (χ1n) is 6.31. The zero-order valence-corrected chi connectivity index (χ0v) is 10.8. The van der Waals surface area contributed by atoms with E-state index in [1.807, 2.05) is 44.2 Å². The molecule has 2 unspecified atom stereocenters. The van der Waals surface area contributed by atoms with Crippen molar-refractivity contribution < 1.29 is 14.3 Å². The van der Waals surface area contributed by atoms with E-state index in [-0.39, 0.29) is 24.2 Å². The maximum atomic E-state index is 11.6. The number of carbonyl (C=O) groups excluding carboxylic acids is 1. The highest BCUT2D eigenvalue weighted by Gasteiger charge is 2.35. The maximum absolute atomic E-state index is 11.6. The van der Waals surface area contributed by atoms with Crippen LogP contribution in [-0.4, -0.2) is 31.3 Å². The quantitative estimate of drug-likeness (QED) is 0.615. The van der Waals surface area contributed by atoms with Gasteiger partial charge in [0.25, 0.3) is 0 Å². The lowest BCUT2D eigenvalue weighted by Crippen LogP contribution is -2.40. The molecule has 4 nitrogen and oxygen atoms in total. The number of nitrogens with one attached hydrogen (secondary N) is 1. The van der Waals surface area contributed by atoms with Crippen molar-refractivity contribution in [1.82, 2.24) is 5.32 Å². The molecule has 1 fully saturated rings. The van der Waals surface area contributed by atoms with E-state index in [0.29, 0.717) is 6.61 Å². The van der Waals surface area contributed by atoms with E-state index in [4.69, 9.17) is 9.47 Å². The molecule has 2 rings (SSSR count). The molecule has 0 saturated carbocycles. The number of esters is 1. The Morgan fingerprint density at radius 2 is 2.17 bits per heavy atom. The van der Waals surface area contributed by atoms with Crippen LogP contribution in [0.5, 0.6) is 0 Å². The summed E-state index contributed by atoms with van der Waals surface area (Å²) < 4.78 is 10.3. The smallest absolute Gasteiger partial charge is 0.322 e. The van der Waals surface area contributed by atoms with Gasteiger partial charge in [0.1, 0.15) is 12.1 Å². The predicted molar refractivity (Wildman–Crippen MR) is 68.2 cm³/mol. The van der Waals surface area contributed by atoms with Crippen molar-refractivity contribution in [2.45, 2.75) is 32.0 Å². The topological polar surface area (TPSA) is 50.9 Å². The number of ether oxygens (including phenoxy) is 2. The third-order valence-corrected chi connectivity index (χ3v) is 2.96. The van der Waals surface area contributed by atoms with Crippen LogP contribution in [0.15, 0.2) is 30.3 Å². The van der Waals surface area contributed by atoms with Gasteiger partial charge in [0.05, 0.1) is 19.3 Å². The summed E-state index contributed by atoms with van der Waals surface area (Å²) >= 11 is 0. The summed E-state index contributed by atoms with van der Waals surface area (Å²) in [5, 5.41) is 3.28. The minimum absolute atomic E-state index is 0.0469. The molecule has 1 aromatic carbocycles. The van der Waals surface area contributed by atoms with Gasteiger partial charge in [0, 0.05) is 0 Å². The third kappa shape index (κ3) is 3.31. The van der Waals surface area contributed by atoms with Crippen molar-refractivity contribution in [2.24, 2.45) is 0 Å². The van der Waals surface area contributed by atoms with Gasteiger partial charge in [-0.3, -0.25) is 10.1 Å². The molecular formula is C14H19NO3. The summed E-state index contributed by atoms with van der Waals surface area (Å²) in [6.07, 6.45) is 0.157. The van der Waals surface area contributed by atoms with Gasteiger partial charge in [-0.25, -0.2) is 0 Å². The number of benzene rings is 1. The second-order valence-corrected chi connectivity index (χ2v) is 4.40. The van der Waals surface area contributed by atoms with Gasteiger partial charge in [-0.1, -0.05) is 30.3 Å². The molecule has 1 saturated heterocycles. The van der Waals surface area contributed by atoms with Gasteiger partial charge < -0.3 is 9.47 Å². The molecule has 1 heterocycles. The Hall–Kier alpha value is -1.39. The van der Waals surface area contributed by atoms with Gasteiger partial charge in [-0.2, -0.15) is 0 Å². The monoisotopic (exact) mass is 249 g/mol. The van der Waals surface area contributed by atoms with Crippen molar-refractivity contribution >= 4 is 5.97 Å². The van der Waals surface area contributed by atoms with E-state index in [1.165, 1.54) is 0 Å². The van der Waals surface area contributed by atoms with Crippen molar-refractivity contribution in [3.63, 3.8) is 0 Å². The molecule has 1 aliphatic rings. The summed E-state index contributed by atoms with van der Waals surface area (Å²) in [7, 11) is 0. The van der Waals surface area contributed by atoms with Crippen LogP contribution in [0.2, 0.25) is 0 Å². The number of hydrogen-bond donors (Lipinski definition) is 1. The predicted octanol–water partition coefficient (Wildman–Crippen LogP) is 1.67. The molecule has 0 aromatic heterocycles. The molecule has 1 aromatic rings. The minimum atomic E-state index is -0.334. The SMILES string of the molecule is CCOC(=O)[C@H](C)NC(c1ccccc1)C1CO1. The number of carbonyl (C=O) groups is 1. The first kappa shape index (κ1) is 13.1. The average molecular weight is 249 g/mol. The summed E-state index contributed by atoms with van der Waals surface area (Å²) in [6.45, 7) is 4.77. The standard InChI is InChI=1S/C14H19NO3/c1-3-17-14(16)10(2)15-13(12-9-18-12)11-7-5-4-6-8-11/h4-8,10,12-13,15H,3,9H2,1-2H3/t10-,12?,13?/m0/s1. The van der Waals surface area contributed by atoms with Crippen LogP contribution in [0.3, 0.4) is 0 Å². The highest BCUT2D eigenvalue weighted by molar-refractivity contribution is 5.75. The fourth-order valence-electron chi connectivity index (χ4n) is 1.93. The molecule has 0 spiro atoms. The molecule has 0 radical (unpaired) electrons. The molecule has 0 bridgehead atoms. The van der Waals surface area contributed by atoms with Crippen molar-refractivity contribution in [3.05, 3.63) is 35.9 Å². The second-order valence-electron chi connectivity index (χ2n) is 4.40. The maximum Gasteiger partial charge on any atom is 0.322 e. The van der Waals surface area contributed by atoms with Crippen LogP contribution < -0.4 is 5.32 Å². The lowest BCUT2D eigenvalue weighted by Gasteiger charge is -2.21. The molecule has 0 aliphatic carbocycles. The number of hydrogen-bond acceptors (Lipinski definition) is 4. The zero-order chi connectivity index (χ0) is 13.0. The van der Waals surface area contributed by atoms with E-state index in [9.17, 15) is 4.79 Å². The Balaban J connectivity index is 2.01. The summed E-state index contributed by atoms with van der Waals surface area (Å²) in [4.78, 5) is 11.6. The fraction of sp³-hybridized carbons (Fsp3) is 0.500. The molecule has 4 heteroatoms. The largest absolute Gasteiger partial charge is 0.465 e. The van der Waals surface area contributed by atoms with Crippen molar-refractivity contribution in [2.75, 3.05) is 13.2 Å². The summed E-state index contributed by atoms with van der Waals surface area (Å²) in [5.74, 6) is -0.223. The Labute approximate surface area is 107 Å². The van der Waals surface area contributed by atoms with E-state index >= 15 is 0 Å². The highest BCUT2D eigenvalue weighted by atomic mass is 16.6. The Kier molecular flexibility index (Phi) is 4.33. The van der Waals surface area contributed by atoms with Crippen molar-refractivity contribution in [1.29, 1.82) is 0 Å². The van der Waals surface area contributed by atoms with Crippen molar-refractivity contribution in [3.8, 4) is 0 Å². The molecule has 1 N–H and O–H groups in total.